The van der Waals surface area contributed by atoms with E-state index in [-0.39, 0.29) is 0 Å². The Kier molecular flexibility index (Phi) is 2.42. The predicted molar refractivity (Wildman–Crippen MR) is 53.0 cm³/mol. The monoisotopic (exact) mass is 197 g/mol. The maximum atomic E-state index is 6.00. The molecule has 0 aliphatic heterocycles. The van der Waals surface area contributed by atoms with Gasteiger partial charge in [-0.15, -0.1) is 0 Å². The summed E-state index contributed by atoms with van der Waals surface area (Å²) in [5.74, 6) is 0.772. The van der Waals surface area contributed by atoms with Crippen LogP contribution in [0, 0.1) is 0 Å². The van der Waals surface area contributed by atoms with Gasteiger partial charge in [-0.2, -0.15) is 0 Å². The van der Waals surface area contributed by atoms with Crippen molar-refractivity contribution in [2.45, 2.75) is 25.5 Å². The third kappa shape index (κ3) is 1.95. The molecule has 2 nitrogen and oxygen atoms in total. The average molecular weight is 198 g/mol. The molecule has 0 heterocycles. The van der Waals surface area contributed by atoms with Crippen molar-refractivity contribution in [3.8, 4) is 5.75 Å². The van der Waals surface area contributed by atoms with Gasteiger partial charge in [-0.3, -0.25) is 0 Å². The number of nitrogens with two attached hydrogens (primary N) is 1. The van der Waals surface area contributed by atoms with Gasteiger partial charge < -0.3 is 10.5 Å². The molecule has 0 radical (unpaired) electrons. The number of benzene rings is 1. The highest BCUT2D eigenvalue weighted by Crippen LogP contribution is 2.34. The number of para-hydroxylation sites is 1. The molecule has 0 saturated heterocycles. The van der Waals surface area contributed by atoms with Crippen molar-refractivity contribution >= 4 is 11.6 Å². The van der Waals surface area contributed by atoms with Crippen LogP contribution in [0.3, 0.4) is 0 Å². The van der Waals surface area contributed by atoms with Gasteiger partial charge in [0.2, 0.25) is 0 Å². The summed E-state index contributed by atoms with van der Waals surface area (Å²) in [4.78, 5) is 0. The Bertz CT molecular complexity index is 310. The number of ether oxygens (including phenoxy) is 1. The van der Waals surface area contributed by atoms with Gasteiger partial charge in [-0.05, 0) is 18.9 Å². The minimum absolute atomic E-state index is 0.366. The Hall–Kier alpha value is -0.730. The fourth-order valence-corrected chi connectivity index (χ4v) is 1.44. The van der Waals surface area contributed by atoms with E-state index in [0.717, 1.165) is 24.2 Å². The third-order valence-corrected chi connectivity index (χ3v) is 2.37. The van der Waals surface area contributed by atoms with Gasteiger partial charge in [0.1, 0.15) is 5.75 Å². The van der Waals surface area contributed by atoms with E-state index in [0.29, 0.717) is 17.7 Å². The zero-order valence-electron chi connectivity index (χ0n) is 7.29. The minimum Gasteiger partial charge on any atom is -0.489 e. The fourth-order valence-electron chi connectivity index (χ4n) is 1.20. The first-order chi connectivity index (χ1) is 6.31. The number of hydrogen-bond acceptors (Lipinski definition) is 2. The molecule has 2 rings (SSSR count). The second kappa shape index (κ2) is 3.56. The fraction of sp³-hybridized carbons (Fsp3) is 0.400. The van der Waals surface area contributed by atoms with Crippen molar-refractivity contribution in [3.05, 3.63) is 28.8 Å². The van der Waals surface area contributed by atoms with Crippen molar-refractivity contribution in [2.24, 2.45) is 5.73 Å². The minimum atomic E-state index is 0.366. The van der Waals surface area contributed by atoms with Crippen LogP contribution < -0.4 is 10.5 Å². The highest BCUT2D eigenvalue weighted by molar-refractivity contribution is 6.32. The van der Waals surface area contributed by atoms with Crippen molar-refractivity contribution in [3.63, 3.8) is 0 Å². The number of rotatable bonds is 3. The summed E-state index contributed by atoms with van der Waals surface area (Å²) in [7, 11) is 0. The van der Waals surface area contributed by atoms with E-state index in [1.54, 1.807) is 0 Å². The Labute approximate surface area is 82.6 Å². The molecule has 0 bridgehead atoms. The molecule has 0 atom stereocenters. The average Bonchev–Trinajstić information content (AvgIpc) is 2.92. The summed E-state index contributed by atoms with van der Waals surface area (Å²) in [5, 5.41) is 0.662. The topological polar surface area (TPSA) is 35.2 Å². The van der Waals surface area contributed by atoms with E-state index in [2.05, 4.69) is 0 Å². The summed E-state index contributed by atoms with van der Waals surface area (Å²) in [5.41, 5.74) is 6.56. The molecule has 1 aromatic rings. The third-order valence-electron chi connectivity index (χ3n) is 2.08. The lowest BCUT2D eigenvalue weighted by Crippen LogP contribution is -2.04. The maximum Gasteiger partial charge on any atom is 0.142 e. The highest BCUT2D eigenvalue weighted by atomic mass is 35.5. The maximum absolute atomic E-state index is 6.00. The van der Waals surface area contributed by atoms with E-state index in [1.165, 1.54) is 0 Å². The van der Waals surface area contributed by atoms with Crippen LogP contribution >= 0.6 is 11.6 Å². The lowest BCUT2D eigenvalue weighted by atomic mass is 10.2. The molecule has 0 amide bonds. The van der Waals surface area contributed by atoms with Crippen LogP contribution in [0.15, 0.2) is 18.2 Å². The van der Waals surface area contributed by atoms with Gasteiger partial charge in [0.25, 0.3) is 0 Å². The summed E-state index contributed by atoms with van der Waals surface area (Å²) in [6.45, 7) is 0.475. The van der Waals surface area contributed by atoms with E-state index >= 15 is 0 Å². The van der Waals surface area contributed by atoms with Gasteiger partial charge in [0.15, 0.2) is 0 Å². The molecule has 1 aliphatic carbocycles. The predicted octanol–water partition coefficient (Wildman–Crippen LogP) is 2.34. The van der Waals surface area contributed by atoms with E-state index in [9.17, 15) is 0 Å². The molecule has 0 spiro atoms. The summed E-state index contributed by atoms with van der Waals surface area (Å²) >= 11 is 6.00. The molecule has 0 aromatic heterocycles. The van der Waals surface area contributed by atoms with Crippen LogP contribution in [0.25, 0.3) is 0 Å². The van der Waals surface area contributed by atoms with Crippen molar-refractivity contribution in [1.29, 1.82) is 0 Å². The molecule has 1 fully saturated rings. The van der Waals surface area contributed by atoms with Crippen LogP contribution in [0.2, 0.25) is 5.02 Å². The van der Waals surface area contributed by atoms with Crippen molar-refractivity contribution < 1.29 is 4.74 Å². The Balaban J connectivity index is 2.27. The van der Waals surface area contributed by atoms with Crippen LogP contribution in [0.4, 0.5) is 0 Å². The Morgan fingerprint density at radius 2 is 2.23 bits per heavy atom. The molecule has 1 saturated carbocycles. The molecular formula is C10H12ClNO. The first-order valence-corrected chi connectivity index (χ1v) is 4.83. The van der Waals surface area contributed by atoms with Crippen LogP contribution in [-0.4, -0.2) is 6.10 Å². The summed E-state index contributed by atoms with van der Waals surface area (Å²) in [6.07, 6.45) is 2.63. The molecule has 0 unspecified atom stereocenters. The largest absolute Gasteiger partial charge is 0.489 e. The SMILES string of the molecule is NCc1cccc(Cl)c1OC1CC1. The summed E-state index contributed by atoms with van der Waals surface area (Å²) < 4.78 is 5.67. The van der Waals surface area contributed by atoms with Gasteiger partial charge in [0.05, 0.1) is 11.1 Å². The molecule has 1 aliphatic rings. The number of hydrogen-bond donors (Lipinski definition) is 1. The van der Waals surface area contributed by atoms with Gasteiger partial charge in [0, 0.05) is 12.1 Å². The quantitative estimate of drug-likeness (QED) is 0.808. The number of halogens is 1. The highest BCUT2D eigenvalue weighted by Gasteiger charge is 2.25. The zero-order valence-corrected chi connectivity index (χ0v) is 8.05. The standard InChI is InChI=1S/C10H12ClNO/c11-9-3-1-2-7(6-12)10(9)13-8-4-5-8/h1-3,8H,4-6,12H2. The first kappa shape index (κ1) is 8.85. The van der Waals surface area contributed by atoms with E-state index < -0.39 is 0 Å². The second-order valence-electron chi connectivity index (χ2n) is 3.25. The Morgan fingerprint density at radius 3 is 2.85 bits per heavy atom. The van der Waals surface area contributed by atoms with E-state index in [1.807, 2.05) is 18.2 Å². The lowest BCUT2D eigenvalue weighted by Gasteiger charge is -2.10. The van der Waals surface area contributed by atoms with Crippen molar-refractivity contribution in [1.82, 2.24) is 0 Å². The normalized spacial score (nSPS) is 15.8. The summed E-state index contributed by atoms with van der Waals surface area (Å²) in [6, 6.07) is 5.67. The van der Waals surface area contributed by atoms with Gasteiger partial charge in [-0.1, -0.05) is 23.7 Å². The molecule has 2 N–H and O–H groups in total. The smallest absolute Gasteiger partial charge is 0.142 e. The second-order valence-corrected chi connectivity index (χ2v) is 3.66. The van der Waals surface area contributed by atoms with Crippen LogP contribution in [0.1, 0.15) is 18.4 Å². The Morgan fingerprint density at radius 1 is 1.46 bits per heavy atom. The molecule has 3 heteroatoms. The van der Waals surface area contributed by atoms with Crippen LogP contribution in [-0.2, 0) is 6.54 Å². The molecule has 70 valence electrons. The molecular weight excluding hydrogens is 186 g/mol. The van der Waals surface area contributed by atoms with Crippen molar-refractivity contribution in [2.75, 3.05) is 0 Å². The van der Waals surface area contributed by atoms with E-state index in [4.69, 9.17) is 22.1 Å². The van der Waals surface area contributed by atoms with Gasteiger partial charge in [-0.25, -0.2) is 0 Å². The lowest BCUT2D eigenvalue weighted by molar-refractivity contribution is 0.300. The zero-order chi connectivity index (χ0) is 9.26. The molecule has 1 aromatic carbocycles. The van der Waals surface area contributed by atoms with Gasteiger partial charge >= 0.3 is 0 Å². The van der Waals surface area contributed by atoms with Crippen LogP contribution in [0.5, 0.6) is 5.75 Å². The molecule has 13 heavy (non-hydrogen) atoms. The first-order valence-electron chi connectivity index (χ1n) is 4.45.